The summed E-state index contributed by atoms with van der Waals surface area (Å²) in [5.74, 6) is -3.96. The van der Waals surface area contributed by atoms with E-state index in [4.69, 9.17) is 0 Å². The van der Waals surface area contributed by atoms with E-state index in [0.29, 0.717) is 17.5 Å². The third-order valence-electron chi connectivity index (χ3n) is 3.82. The number of ether oxygens (including phenoxy) is 1. The van der Waals surface area contributed by atoms with Crippen LogP contribution in [0.1, 0.15) is 15.9 Å². The summed E-state index contributed by atoms with van der Waals surface area (Å²) in [5.41, 5.74) is -0.403. The fraction of sp³-hybridized carbons (Fsp3) is 0.0526. The molecule has 0 spiro atoms. The third-order valence-corrected chi connectivity index (χ3v) is 3.82. The summed E-state index contributed by atoms with van der Waals surface area (Å²) in [5, 5.41) is 10.2. The Labute approximate surface area is 140 Å². The van der Waals surface area contributed by atoms with Gasteiger partial charge in [0.2, 0.25) is 0 Å². The summed E-state index contributed by atoms with van der Waals surface area (Å²) in [6, 6.07) is 10.4. The van der Waals surface area contributed by atoms with E-state index in [1.165, 1.54) is 25.3 Å². The number of methoxy groups -OCH3 is 1. The summed E-state index contributed by atoms with van der Waals surface area (Å²) in [7, 11) is 1.21. The molecular formula is C19H10F3NO2. The Morgan fingerprint density at radius 3 is 2.24 bits per heavy atom. The van der Waals surface area contributed by atoms with E-state index in [9.17, 15) is 23.2 Å². The Hall–Kier alpha value is -3.33. The van der Waals surface area contributed by atoms with E-state index >= 15 is 0 Å². The molecule has 0 aliphatic rings. The molecule has 0 fully saturated rings. The number of benzene rings is 3. The van der Waals surface area contributed by atoms with E-state index in [1.54, 1.807) is 12.1 Å². The van der Waals surface area contributed by atoms with Crippen molar-refractivity contribution in [1.82, 2.24) is 0 Å². The maximum atomic E-state index is 14.3. The van der Waals surface area contributed by atoms with Crippen LogP contribution in [0.3, 0.4) is 0 Å². The molecule has 0 atom stereocenters. The van der Waals surface area contributed by atoms with Gasteiger partial charge in [-0.1, -0.05) is 12.1 Å². The second-order valence-corrected chi connectivity index (χ2v) is 5.27. The van der Waals surface area contributed by atoms with Crippen molar-refractivity contribution in [2.75, 3.05) is 7.11 Å². The van der Waals surface area contributed by atoms with Gasteiger partial charge in [0.25, 0.3) is 0 Å². The van der Waals surface area contributed by atoms with Crippen LogP contribution in [-0.2, 0) is 4.74 Å². The average Bonchev–Trinajstić information content (AvgIpc) is 2.59. The highest BCUT2D eigenvalue weighted by atomic mass is 19.1. The molecule has 0 unspecified atom stereocenters. The zero-order valence-electron chi connectivity index (χ0n) is 12.9. The number of fused-ring (bicyclic) bond motifs is 1. The van der Waals surface area contributed by atoms with Crippen LogP contribution in [0.2, 0.25) is 0 Å². The van der Waals surface area contributed by atoms with Crippen molar-refractivity contribution < 1.29 is 22.7 Å². The molecule has 25 heavy (non-hydrogen) atoms. The molecule has 0 heterocycles. The van der Waals surface area contributed by atoms with Gasteiger partial charge in [0, 0.05) is 17.7 Å². The first-order valence-corrected chi connectivity index (χ1v) is 7.16. The monoisotopic (exact) mass is 341 g/mol. The maximum Gasteiger partial charge on any atom is 0.337 e. The van der Waals surface area contributed by atoms with Gasteiger partial charge in [-0.15, -0.1) is 0 Å². The van der Waals surface area contributed by atoms with Crippen LogP contribution >= 0.6 is 0 Å². The number of carbonyl (C=O) groups is 1. The second-order valence-electron chi connectivity index (χ2n) is 5.27. The van der Waals surface area contributed by atoms with Gasteiger partial charge in [0.05, 0.1) is 29.9 Å². The Kier molecular flexibility index (Phi) is 4.15. The number of rotatable bonds is 2. The number of esters is 1. The molecule has 3 rings (SSSR count). The Morgan fingerprint density at radius 2 is 1.64 bits per heavy atom. The second kappa shape index (κ2) is 6.29. The van der Waals surface area contributed by atoms with Crippen molar-refractivity contribution in [3.8, 4) is 17.2 Å². The number of hydrogen-bond donors (Lipinski definition) is 0. The average molecular weight is 341 g/mol. The third kappa shape index (κ3) is 2.81. The summed E-state index contributed by atoms with van der Waals surface area (Å²) in [4.78, 5) is 11.8. The van der Waals surface area contributed by atoms with Crippen molar-refractivity contribution in [3.63, 3.8) is 0 Å². The van der Waals surface area contributed by atoms with Crippen molar-refractivity contribution in [3.05, 3.63) is 71.0 Å². The smallest absolute Gasteiger partial charge is 0.337 e. The molecule has 0 N–H and O–H groups in total. The normalized spacial score (nSPS) is 10.5. The minimum Gasteiger partial charge on any atom is -0.465 e. The van der Waals surface area contributed by atoms with Gasteiger partial charge < -0.3 is 4.74 Å². The molecule has 124 valence electrons. The highest BCUT2D eigenvalue weighted by Crippen LogP contribution is 2.36. The Morgan fingerprint density at radius 1 is 1.00 bits per heavy atom. The summed E-state index contributed by atoms with van der Waals surface area (Å²) >= 11 is 0. The van der Waals surface area contributed by atoms with E-state index in [1.807, 2.05) is 6.07 Å². The molecule has 0 saturated carbocycles. The first kappa shape index (κ1) is 16.5. The van der Waals surface area contributed by atoms with Crippen LogP contribution in [0.15, 0.2) is 42.5 Å². The molecule has 0 amide bonds. The van der Waals surface area contributed by atoms with Gasteiger partial charge in [-0.3, -0.25) is 0 Å². The van der Waals surface area contributed by atoms with Gasteiger partial charge in [-0.05, 0) is 29.0 Å². The van der Waals surface area contributed by atoms with E-state index in [0.717, 1.165) is 0 Å². The maximum absolute atomic E-state index is 14.3. The lowest BCUT2D eigenvalue weighted by Crippen LogP contribution is -2.02. The Balaban J connectivity index is 2.44. The summed E-state index contributed by atoms with van der Waals surface area (Å²) < 4.78 is 46.4. The molecule has 0 bridgehead atoms. The number of carbonyl (C=O) groups excluding carboxylic acids is 1. The summed E-state index contributed by atoms with van der Waals surface area (Å²) in [6.07, 6.45) is 0. The van der Waals surface area contributed by atoms with Gasteiger partial charge in [-0.2, -0.15) is 5.26 Å². The van der Waals surface area contributed by atoms with Crippen LogP contribution in [-0.4, -0.2) is 13.1 Å². The van der Waals surface area contributed by atoms with Gasteiger partial charge in [-0.25, -0.2) is 18.0 Å². The lowest BCUT2D eigenvalue weighted by molar-refractivity contribution is 0.0601. The molecular weight excluding hydrogens is 331 g/mol. The molecule has 0 radical (unpaired) electrons. The van der Waals surface area contributed by atoms with Crippen LogP contribution in [0.5, 0.6) is 0 Å². The van der Waals surface area contributed by atoms with Crippen molar-refractivity contribution >= 4 is 16.7 Å². The van der Waals surface area contributed by atoms with Crippen LogP contribution in [0, 0.1) is 28.8 Å². The fourth-order valence-corrected chi connectivity index (χ4v) is 2.71. The van der Waals surface area contributed by atoms with Crippen molar-refractivity contribution in [2.24, 2.45) is 0 Å². The predicted molar refractivity (Wildman–Crippen MR) is 85.3 cm³/mol. The number of halogens is 3. The van der Waals surface area contributed by atoms with Gasteiger partial charge in [0.1, 0.15) is 17.5 Å². The van der Waals surface area contributed by atoms with Crippen LogP contribution in [0.25, 0.3) is 21.9 Å². The van der Waals surface area contributed by atoms with E-state index < -0.39 is 29.0 Å². The zero-order chi connectivity index (χ0) is 18.1. The highest BCUT2D eigenvalue weighted by Gasteiger charge is 2.20. The lowest BCUT2D eigenvalue weighted by Gasteiger charge is -2.12. The molecule has 0 aromatic heterocycles. The Bertz CT molecular complexity index is 1030. The van der Waals surface area contributed by atoms with Crippen molar-refractivity contribution in [1.29, 1.82) is 5.26 Å². The van der Waals surface area contributed by atoms with Crippen molar-refractivity contribution in [2.45, 2.75) is 0 Å². The first-order chi connectivity index (χ1) is 12.0. The molecule has 3 nitrogen and oxygen atoms in total. The summed E-state index contributed by atoms with van der Waals surface area (Å²) in [6.45, 7) is 0. The topological polar surface area (TPSA) is 50.1 Å². The number of nitrogens with zero attached hydrogens (tertiary/aromatic N) is 1. The van der Waals surface area contributed by atoms with Gasteiger partial charge in [0.15, 0.2) is 0 Å². The fourth-order valence-electron chi connectivity index (χ4n) is 2.71. The predicted octanol–water partition coefficient (Wildman–Crippen LogP) is 4.58. The molecule has 3 aromatic carbocycles. The first-order valence-electron chi connectivity index (χ1n) is 7.16. The largest absolute Gasteiger partial charge is 0.465 e. The van der Waals surface area contributed by atoms with E-state index in [-0.39, 0.29) is 22.1 Å². The standard InChI is InChI=1S/C19H10F3NO2/c1-25-19(24)11-4-2-10-3-5-12(9-23)17(14(10)6-11)18-15(21)7-13(20)8-16(18)22/h2-8H,1H3. The van der Waals surface area contributed by atoms with Crippen LogP contribution < -0.4 is 0 Å². The highest BCUT2D eigenvalue weighted by molar-refractivity contribution is 6.03. The van der Waals surface area contributed by atoms with Crippen LogP contribution in [0.4, 0.5) is 13.2 Å². The minimum absolute atomic E-state index is 0.000996. The molecule has 3 aromatic rings. The SMILES string of the molecule is COC(=O)c1ccc2ccc(C#N)c(-c3c(F)cc(F)cc3F)c2c1. The molecule has 6 heteroatoms. The molecule has 0 aliphatic carbocycles. The quantitative estimate of drug-likeness (QED) is 0.641. The van der Waals surface area contributed by atoms with Gasteiger partial charge >= 0.3 is 5.97 Å². The molecule has 0 aliphatic heterocycles. The zero-order valence-corrected chi connectivity index (χ0v) is 12.9. The van der Waals surface area contributed by atoms with E-state index in [2.05, 4.69) is 4.74 Å². The number of nitriles is 1. The lowest BCUT2D eigenvalue weighted by atomic mass is 9.92. The molecule has 0 saturated heterocycles. The number of hydrogen-bond acceptors (Lipinski definition) is 3. The minimum atomic E-state index is -1.13.